The van der Waals surface area contributed by atoms with Gasteiger partial charge in [0.1, 0.15) is 10.8 Å². The molecule has 29 heavy (non-hydrogen) atoms. The van der Waals surface area contributed by atoms with E-state index in [1.54, 1.807) is 21.0 Å². The third kappa shape index (κ3) is 3.94. The number of nitrogens with one attached hydrogen (secondary N) is 1. The van der Waals surface area contributed by atoms with E-state index >= 15 is 0 Å². The quantitative estimate of drug-likeness (QED) is 0.671. The van der Waals surface area contributed by atoms with Gasteiger partial charge in [-0.2, -0.15) is 9.40 Å². The summed E-state index contributed by atoms with van der Waals surface area (Å²) in [6.45, 7) is 4.86. The molecule has 154 valence electrons. The largest absolute Gasteiger partial charge is 0.348 e. The van der Waals surface area contributed by atoms with E-state index in [9.17, 15) is 13.2 Å². The van der Waals surface area contributed by atoms with Crippen LogP contribution < -0.4 is 5.69 Å². The number of aromatic nitrogens is 3. The Balaban J connectivity index is 1.45. The fourth-order valence-corrected chi connectivity index (χ4v) is 6.03. The average Bonchev–Trinajstić information content (AvgIpc) is 3.34. The summed E-state index contributed by atoms with van der Waals surface area (Å²) < 4.78 is 29.2. The van der Waals surface area contributed by atoms with Gasteiger partial charge in [0.2, 0.25) is 10.0 Å². The summed E-state index contributed by atoms with van der Waals surface area (Å²) in [4.78, 5) is 12.5. The Morgan fingerprint density at radius 2 is 1.93 bits per heavy atom. The molecule has 0 aliphatic carbocycles. The minimum atomic E-state index is -3.48. The number of nitrogens with zero attached hydrogens (tertiary/aromatic N) is 3. The first kappa shape index (κ1) is 20.1. The number of aromatic amines is 1. The number of benzene rings is 1. The number of piperidine rings is 1. The lowest BCUT2D eigenvalue weighted by Gasteiger charge is -2.31. The van der Waals surface area contributed by atoms with E-state index in [4.69, 9.17) is 0 Å². The van der Waals surface area contributed by atoms with Crippen LogP contribution in [0.25, 0.3) is 5.00 Å². The maximum absolute atomic E-state index is 13.0. The molecule has 1 aliphatic rings. The van der Waals surface area contributed by atoms with E-state index in [0.717, 1.165) is 29.0 Å². The van der Waals surface area contributed by atoms with Crippen LogP contribution in [0.3, 0.4) is 0 Å². The number of hydrogen-bond donors (Lipinski definition) is 1. The zero-order valence-electron chi connectivity index (χ0n) is 16.5. The van der Waals surface area contributed by atoms with Crippen molar-refractivity contribution in [3.8, 4) is 5.00 Å². The van der Waals surface area contributed by atoms with E-state index in [0.29, 0.717) is 30.2 Å². The maximum Gasteiger partial charge on any atom is 0.348 e. The van der Waals surface area contributed by atoms with Gasteiger partial charge in [-0.05, 0) is 73.4 Å². The molecule has 4 rings (SSSR count). The monoisotopic (exact) mass is 432 g/mol. The summed E-state index contributed by atoms with van der Waals surface area (Å²) in [5.41, 5.74) is 1.82. The van der Waals surface area contributed by atoms with Crippen molar-refractivity contribution in [2.24, 2.45) is 5.92 Å². The third-order valence-electron chi connectivity index (χ3n) is 5.63. The summed E-state index contributed by atoms with van der Waals surface area (Å²) in [5.74, 6) is 0.989. The van der Waals surface area contributed by atoms with Crippen molar-refractivity contribution < 1.29 is 8.42 Å². The molecule has 1 N–H and O–H groups in total. The van der Waals surface area contributed by atoms with Gasteiger partial charge in [-0.3, -0.25) is 0 Å². The molecular formula is C20H24N4O3S2. The molecule has 0 spiro atoms. The van der Waals surface area contributed by atoms with Gasteiger partial charge in [-0.15, -0.1) is 11.3 Å². The Morgan fingerprint density at radius 1 is 1.17 bits per heavy atom. The average molecular weight is 433 g/mol. The van der Waals surface area contributed by atoms with Gasteiger partial charge in [-0.25, -0.2) is 22.9 Å². The Kier molecular flexibility index (Phi) is 5.46. The van der Waals surface area contributed by atoms with Crippen molar-refractivity contribution in [1.82, 2.24) is 19.1 Å². The van der Waals surface area contributed by atoms with Gasteiger partial charge >= 0.3 is 5.69 Å². The molecule has 0 atom stereocenters. The summed E-state index contributed by atoms with van der Waals surface area (Å²) in [7, 11) is -3.48. The van der Waals surface area contributed by atoms with Gasteiger partial charge in [0.25, 0.3) is 0 Å². The fourth-order valence-electron chi connectivity index (χ4n) is 3.73. The number of sulfonamides is 1. The van der Waals surface area contributed by atoms with E-state index < -0.39 is 10.0 Å². The van der Waals surface area contributed by atoms with Crippen molar-refractivity contribution in [3.05, 3.63) is 63.1 Å². The molecule has 3 heterocycles. The molecule has 0 unspecified atom stereocenters. The molecule has 7 nitrogen and oxygen atoms in total. The van der Waals surface area contributed by atoms with Gasteiger partial charge in [0, 0.05) is 19.5 Å². The number of hydrogen-bond acceptors (Lipinski definition) is 5. The molecule has 0 bridgehead atoms. The highest BCUT2D eigenvalue weighted by atomic mass is 32.2. The van der Waals surface area contributed by atoms with Crippen molar-refractivity contribution in [2.45, 2.75) is 38.0 Å². The SMILES string of the molecule is Cc1ccc(S(=O)(=O)N2CCC(Cc3n[nH]c(=O)n3-c3cccs3)CC2)cc1C. The van der Waals surface area contributed by atoms with Crippen molar-refractivity contribution >= 4 is 21.4 Å². The Labute approximate surface area is 174 Å². The minimum absolute atomic E-state index is 0.239. The molecule has 1 saturated heterocycles. The highest BCUT2D eigenvalue weighted by Gasteiger charge is 2.30. The van der Waals surface area contributed by atoms with Crippen LogP contribution >= 0.6 is 11.3 Å². The molecule has 0 saturated carbocycles. The number of H-pyrrole nitrogens is 1. The van der Waals surface area contributed by atoms with Crippen LogP contribution in [-0.2, 0) is 16.4 Å². The third-order valence-corrected chi connectivity index (χ3v) is 8.38. The lowest BCUT2D eigenvalue weighted by molar-refractivity contribution is 0.270. The first-order valence-electron chi connectivity index (χ1n) is 9.64. The Hall–Kier alpha value is -2.23. The minimum Gasteiger partial charge on any atom is -0.246 e. The zero-order chi connectivity index (χ0) is 20.6. The fraction of sp³-hybridized carbons (Fsp3) is 0.400. The van der Waals surface area contributed by atoms with E-state index in [1.807, 2.05) is 37.4 Å². The van der Waals surface area contributed by atoms with Gasteiger partial charge in [0.05, 0.1) is 4.90 Å². The van der Waals surface area contributed by atoms with Crippen LogP contribution in [0.5, 0.6) is 0 Å². The smallest absolute Gasteiger partial charge is 0.246 e. The summed E-state index contributed by atoms with van der Waals surface area (Å²) in [6.07, 6.45) is 2.14. The highest BCUT2D eigenvalue weighted by Crippen LogP contribution is 2.27. The highest BCUT2D eigenvalue weighted by molar-refractivity contribution is 7.89. The van der Waals surface area contributed by atoms with Crippen LogP contribution in [0.2, 0.25) is 0 Å². The predicted molar refractivity (Wildman–Crippen MR) is 113 cm³/mol. The Morgan fingerprint density at radius 3 is 2.59 bits per heavy atom. The second kappa shape index (κ2) is 7.89. The summed E-state index contributed by atoms with van der Waals surface area (Å²) >= 11 is 1.49. The molecule has 1 aliphatic heterocycles. The zero-order valence-corrected chi connectivity index (χ0v) is 18.1. The predicted octanol–water partition coefficient (Wildman–Crippen LogP) is 2.88. The topological polar surface area (TPSA) is 88.1 Å². The van der Waals surface area contributed by atoms with Crippen LogP contribution in [0, 0.1) is 19.8 Å². The van der Waals surface area contributed by atoms with Crippen LogP contribution in [0.4, 0.5) is 0 Å². The molecule has 9 heteroatoms. The van der Waals surface area contributed by atoms with Crippen molar-refractivity contribution in [3.63, 3.8) is 0 Å². The second-order valence-corrected chi connectivity index (χ2v) is 10.4. The lowest BCUT2D eigenvalue weighted by atomic mass is 9.94. The molecule has 3 aromatic rings. The molecule has 2 aromatic heterocycles. The molecule has 0 amide bonds. The Bertz CT molecular complexity index is 1150. The van der Waals surface area contributed by atoms with Crippen molar-refractivity contribution in [2.75, 3.05) is 13.1 Å². The van der Waals surface area contributed by atoms with Crippen LogP contribution in [-0.4, -0.2) is 40.6 Å². The van der Waals surface area contributed by atoms with E-state index in [-0.39, 0.29) is 11.6 Å². The van der Waals surface area contributed by atoms with Crippen LogP contribution in [0.15, 0.2) is 45.4 Å². The lowest BCUT2D eigenvalue weighted by Crippen LogP contribution is -2.39. The molecule has 1 aromatic carbocycles. The molecular weight excluding hydrogens is 408 g/mol. The number of thiophene rings is 1. The number of rotatable bonds is 5. The number of aryl methyl sites for hydroxylation is 2. The first-order chi connectivity index (χ1) is 13.9. The van der Waals surface area contributed by atoms with Crippen LogP contribution in [0.1, 0.15) is 29.8 Å². The van der Waals surface area contributed by atoms with E-state index in [1.165, 1.54) is 11.3 Å². The van der Waals surface area contributed by atoms with Gasteiger partial charge < -0.3 is 0 Å². The van der Waals surface area contributed by atoms with Crippen molar-refractivity contribution in [1.29, 1.82) is 0 Å². The van der Waals surface area contributed by atoms with Gasteiger partial charge in [0.15, 0.2) is 0 Å². The summed E-state index contributed by atoms with van der Waals surface area (Å²) in [5, 5.41) is 9.50. The first-order valence-corrected chi connectivity index (χ1v) is 12.0. The maximum atomic E-state index is 13.0. The van der Waals surface area contributed by atoms with E-state index in [2.05, 4.69) is 10.2 Å². The molecule has 1 fully saturated rings. The standard InChI is InChI=1S/C20H24N4O3S2/c1-14-5-6-17(12-15(14)2)29(26,27)23-9-7-16(8-10-23)13-18-21-22-20(25)24(18)19-4-3-11-28-19/h3-6,11-12,16H,7-10,13H2,1-2H3,(H,22,25). The normalized spacial score (nSPS) is 16.3. The van der Waals surface area contributed by atoms with Gasteiger partial charge in [-0.1, -0.05) is 6.07 Å². The molecule has 0 radical (unpaired) electrons. The second-order valence-electron chi connectivity index (χ2n) is 7.53. The summed E-state index contributed by atoms with van der Waals surface area (Å²) in [6, 6.07) is 9.09.